The Morgan fingerprint density at radius 2 is 1.94 bits per heavy atom. The van der Waals surface area contributed by atoms with Gasteiger partial charge in [-0.25, -0.2) is 17.8 Å². The normalized spacial score (nSPS) is 17.4. The van der Waals surface area contributed by atoms with Crippen LogP contribution in [-0.2, 0) is 14.8 Å². The van der Waals surface area contributed by atoms with E-state index in [9.17, 15) is 17.6 Å². The summed E-state index contributed by atoms with van der Waals surface area (Å²) in [5, 5.41) is 2.52. The zero-order chi connectivity index (χ0) is 25.4. The van der Waals surface area contributed by atoms with Crippen LogP contribution in [0.15, 0.2) is 71.2 Å². The molecule has 4 aromatic rings. The van der Waals surface area contributed by atoms with Gasteiger partial charge in [0, 0.05) is 54.5 Å². The van der Waals surface area contributed by atoms with Crippen molar-refractivity contribution in [1.29, 1.82) is 0 Å². The van der Waals surface area contributed by atoms with Gasteiger partial charge >= 0.3 is 0 Å². The molecule has 0 radical (unpaired) electrons. The smallest absolute Gasteiger partial charge is 0.263 e. The number of halogens is 1. The fourth-order valence-corrected chi connectivity index (χ4v) is 6.44. The van der Waals surface area contributed by atoms with Crippen LogP contribution in [0.25, 0.3) is 10.9 Å². The van der Waals surface area contributed by atoms with Crippen LogP contribution in [0.5, 0.6) is 0 Å². The molecule has 2 aromatic carbocycles. The summed E-state index contributed by atoms with van der Waals surface area (Å²) in [4.78, 5) is 21.5. The van der Waals surface area contributed by atoms with Crippen molar-refractivity contribution in [3.05, 3.63) is 72.1 Å². The van der Waals surface area contributed by atoms with Crippen LogP contribution in [0.3, 0.4) is 0 Å². The van der Waals surface area contributed by atoms with E-state index in [1.807, 2.05) is 29.4 Å². The lowest BCUT2D eigenvalue weighted by molar-refractivity contribution is -0.136. The van der Waals surface area contributed by atoms with Gasteiger partial charge in [-0.15, -0.1) is 11.3 Å². The summed E-state index contributed by atoms with van der Waals surface area (Å²) in [7, 11) is -3.71. The van der Waals surface area contributed by atoms with E-state index in [1.54, 1.807) is 54.2 Å². The average molecular weight is 528 g/mol. The maximum Gasteiger partial charge on any atom is 0.263 e. The fourth-order valence-electron chi connectivity index (χ4n) is 4.65. The molecule has 0 bridgehead atoms. The van der Waals surface area contributed by atoms with E-state index in [-0.39, 0.29) is 22.7 Å². The van der Waals surface area contributed by atoms with Crippen LogP contribution in [0.2, 0.25) is 0 Å². The lowest BCUT2D eigenvalue weighted by Gasteiger charge is -2.42. The summed E-state index contributed by atoms with van der Waals surface area (Å²) in [5.41, 5.74) is 1.59. The number of carbonyl (C=O) groups is 1. The van der Waals surface area contributed by atoms with Gasteiger partial charge in [0.1, 0.15) is 11.9 Å². The standard InChI is InChI=1S/C25H26FN5O3S2/c1-17-16-29(19-6-8-20(9-7-19)36(33,34)28-25-27-11-15-35-25)13-14-30(17)24(32)18(2)31-12-10-21-22(26)4-3-5-23(21)31/h3-12,15,17-18H,13-14,16H2,1-2H3,(H,27,28)/t17-,18?/m0/s1. The summed E-state index contributed by atoms with van der Waals surface area (Å²) >= 11 is 1.22. The number of carbonyl (C=O) groups excluding carboxylic acids is 1. The largest absolute Gasteiger partial charge is 0.368 e. The molecule has 0 aliphatic carbocycles. The maximum atomic E-state index is 14.1. The van der Waals surface area contributed by atoms with Gasteiger partial charge in [-0.3, -0.25) is 9.52 Å². The van der Waals surface area contributed by atoms with Crippen molar-refractivity contribution in [2.75, 3.05) is 29.3 Å². The van der Waals surface area contributed by atoms with Gasteiger partial charge in [-0.1, -0.05) is 6.07 Å². The SMILES string of the molecule is CC(C(=O)N1CCN(c2ccc(S(=O)(=O)Nc3nccs3)cc2)C[C@@H]1C)n1ccc2c(F)cccc21. The second-order valence-corrected chi connectivity index (χ2v) is 11.4. The van der Waals surface area contributed by atoms with Gasteiger partial charge in [0.15, 0.2) is 5.13 Å². The van der Waals surface area contributed by atoms with E-state index in [2.05, 4.69) is 14.6 Å². The molecule has 5 rings (SSSR count). The summed E-state index contributed by atoms with van der Waals surface area (Å²) < 4.78 is 43.6. The van der Waals surface area contributed by atoms with E-state index >= 15 is 0 Å². The number of nitrogens with zero attached hydrogens (tertiary/aromatic N) is 4. The highest BCUT2D eigenvalue weighted by Crippen LogP contribution is 2.27. The quantitative estimate of drug-likeness (QED) is 0.403. The molecule has 11 heteroatoms. The Kier molecular flexibility index (Phi) is 6.44. The summed E-state index contributed by atoms with van der Waals surface area (Å²) in [6, 6.07) is 12.8. The first-order valence-corrected chi connectivity index (χ1v) is 13.9. The number of amides is 1. The third kappa shape index (κ3) is 4.56. The lowest BCUT2D eigenvalue weighted by Crippen LogP contribution is -2.55. The number of aromatic nitrogens is 2. The minimum Gasteiger partial charge on any atom is -0.368 e. The highest BCUT2D eigenvalue weighted by atomic mass is 32.2. The number of rotatable bonds is 6. The van der Waals surface area contributed by atoms with Crippen LogP contribution in [-0.4, -0.2) is 54.5 Å². The zero-order valence-electron chi connectivity index (χ0n) is 19.8. The van der Waals surface area contributed by atoms with E-state index in [1.165, 1.54) is 17.4 Å². The second-order valence-electron chi connectivity index (χ2n) is 8.83. The topological polar surface area (TPSA) is 87.5 Å². The number of hydrogen-bond donors (Lipinski definition) is 1. The number of piperazine rings is 1. The third-order valence-electron chi connectivity index (χ3n) is 6.56. The zero-order valence-corrected chi connectivity index (χ0v) is 21.5. The summed E-state index contributed by atoms with van der Waals surface area (Å²) in [6.45, 7) is 5.60. The summed E-state index contributed by atoms with van der Waals surface area (Å²) in [5.74, 6) is -0.315. The van der Waals surface area contributed by atoms with Gasteiger partial charge < -0.3 is 14.4 Å². The molecule has 2 atom stereocenters. The van der Waals surface area contributed by atoms with Gasteiger partial charge in [0.25, 0.3) is 10.0 Å². The maximum absolute atomic E-state index is 14.1. The van der Waals surface area contributed by atoms with Gasteiger partial charge in [-0.05, 0) is 56.3 Å². The Morgan fingerprint density at radius 3 is 2.64 bits per heavy atom. The molecule has 1 amide bonds. The van der Waals surface area contributed by atoms with Crippen molar-refractivity contribution in [1.82, 2.24) is 14.5 Å². The van der Waals surface area contributed by atoms with Gasteiger partial charge in [0.2, 0.25) is 5.91 Å². The predicted octanol–water partition coefficient (Wildman–Crippen LogP) is 4.34. The van der Waals surface area contributed by atoms with Crippen LogP contribution in [0.1, 0.15) is 19.9 Å². The molecular formula is C25H26FN5O3S2. The third-order valence-corrected chi connectivity index (χ3v) is 8.73. The van der Waals surface area contributed by atoms with Crippen molar-refractivity contribution in [3.63, 3.8) is 0 Å². The number of sulfonamides is 1. The average Bonchev–Trinajstić information content (AvgIpc) is 3.53. The highest BCUT2D eigenvalue weighted by molar-refractivity contribution is 7.93. The van der Waals surface area contributed by atoms with E-state index in [0.29, 0.717) is 35.7 Å². The van der Waals surface area contributed by atoms with E-state index in [0.717, 1.165) is 5.69 Å². The molecule has 1 aliphatic heterocycles. The second kappa shape index (κ2) is 9.55. The van der Waals surface area contributed by atoms with Crippen LogP contribution < -0.4 is 9.62 Å². The Labute approximate surface area is 213 Å². The van der Waals surface area contributed by atoms with E-state index in [4.69, 9.17) is 0 Å². The molecule has 1 fully saturated rings. The first-order valence-electron chi connectivity index (χ1n) is 11.6. The molecule has 3 heterocycles. The Hall–Kier alpha value is -3.44. The van der Waals surface area contributed by atoms with Gasteiger partial charge in [-0.2, -0.15) is 0 Å². The van der Waals surface area contributed by atoms with Crippen molar-refractivity contribution >= 4 is 49.0 Å². The Bertz CT molecular complexity index is 1490. The number of benzene rings is 2. The predicted molar refractivity (Wildman–Crippen MR) is 139 cm³/mol. The fraction of sp³-hybridized carbons (Fsp3) is 0.280. The monoisotopic (exact) mass is 527 g/mol. The summed E-state index contributed by atoms with van der Waals surface area (Å²) in [6.07, 6.45) is 3.30. The van der Waals surface area contributed by atoms with Crippen molar-refractivity contribution in [2.45, 2.75) is 30.8 Å². The number of hydrogen-bond acceptors (Lipinski definition) is 6. The van der Waals surface area contributed by atoms with E-state index < -0.39 is 16.1 Å². The van der Waals surface area contributed by atoms with Crippen molar-refractivity contribution in [3.8, 4) is 0 Å². The molecular weight excluding hydrogens is 501 g/mol. The van der Waals surface area contributed by atoms with Crippen LogP contribution in [0, 0.1) is 5.82 Å². The molecule has 1 aliphatic rings. The molecule has 8 nitrogen and oxygen atoms in total. The van der Waals surface area contributed by atoms with Crippen molar-refractivity contribution in [2.24, 2.45) is 0 Å². The molecule has 36 heavy (non-hydrogen) atoms. The molecule has 1 N–H and O–H groups in total. The van der Waals surface area contributed by atoms with Gasteiger partial charge in [0.05, 0.1) is 10.4 Å². The van der Waals surface area contributed by atoms with Crippen molar-refractivity contribution < 1.29 is 17.6 Å². The van der Waals surface area contributed by atoms with Crippen LogP contribution in [0.4, 0.5) is 15.2 Å². The lowest BCUT2D eigenvalue weighted by atomic mass is 10.1. The number of thiazole rings is 1. The molecule has 0 spiro atoms. The Balaban J connectivity index is 1.26. The molecule has 2 aromatic heterocycles. The first kappa shape index (κ1) is 24.3. The Morgan fingerprint density at radius 1 is 1.17 bits per heavy atom. The molecule has 188 valence electrons. The first-order chi connectivity index (χ1) is 17.2. The number of nitrogens with one attached hydrogen (secondary N) is 1. The minimum atomic E-state index is -3.71. The molecule has 1 saturated heterocycles. The molecule has 1 unspecified atom stereocenters. The van der Waals surface area contributed by atoms with Crippen LogP contribution >= 0.6 is 11.3 Å². The number of fused-ring (bicyclic) bond motifs is 1. The minimum absolute atomic E-state index is 0.0152. The highest BCUT2D eigenvalue weighted by Gasteiger charge is 2.31. The number of anilines is 2. The molecule has 0 saturated carbocycles.